The van der Waals surface area contributed by atoms with E-state index in [4.69, 9.17) is 18.9 Å². The maximum Gasteiger partial charge on any atom is 0.119 e. The lowest BCUT2D eigenvalue weighted by Gasteiger charge is -2.42. The van der Waals surface area contributed by atoms with Gasteiger partial charge in [-0.05, 0) is 171 Å². The largest absolute Gasteiger partial charge is 0.497 e. The fourth-order valence-corrected chi connectivity index (χ4v) is 11.4. The molecule has 6 fully saturated rings. The maximum absolute atomic E-state index is 6.17. The third-order valence-electron chi connectivity index (χ3n) is 14.3. The van der Waals surface area contributed by atoms with E-state index < -0.39 is 0 Å². The van der Waals surface area contributed by atoms with Crippen molar-refractivity contribution in [2.75, 3.05) is 54.6 Å². The van der Waals surface area contributed by atoms with Gasteiger partial charge in [-0.2, -0.15) is 0 Å². The molecule has 0 amide bonds. The summed E-state index contributed by atoms with van der Waals surface area (Å²) in [7, 11) is 6.27. The van der Waals surface area contributed by atoms with Gasteiger partial charge in [0.15, 0.2) is 0 Å². The van der Waals surface area contributed by atoms with Crippen molar-refractivity contribution in [3.8, 4) is 11.5 Å². The van der Waals surface area contributed by atoms with Crippen LogP contribution in [-0.2, 0) is 32.0 Å². The molecule has 10 heteroatoms. The van der Waals surface area contributed by atoms with Crippen molar-refractivity contribution in [1.82, 2.24) is 9.80 Å². The Morgan fingerprint density at radius 2 is 0.984 bits per heavy atom. The fraction of sp³-hybridized carbons (Fsp3) is 0.608. The van der Waals surface area contributed by atoms with Crippen molar-refractivity contribution >= 4 is 21.5 Å². The summed E-state index contributed by atoms with van der Waals surface area (Å²) in [5.41, 5.74) is 2.96. The maximum atomic E-state index is 6.17. The lowest BCUT2D eigenvalue weighted by molar-refractivity contribution is -0.0500. The van der Waals surface area contributed by atoms with Crippen LogP contribution >= 0.6 is 0 Å². The molecule has 0 aliphatic carbocycles. The number of nitrogens with zero attached hydrogens (tertiary/aromatic N) is 2. The monoisotopic (exact) mass is 839 g/mol. The van der Waals surface area contributed by atoms with Crippen LogP contribution in [0.2, 0.25) is 0 Å². The Morgan fingerprint density at radius 1 is 0.541 bits per heavy atom. The summed E-state index contributed by atoms with van der Waals surface area (Å²) in [6.07, 6.45) is 18.9. The van der Waals surface area contributed by atoms with E-state index in [1.807, 2.05) is 0 Å². The van der Waals surface area contributed by atoms with Gasteiger partial charge in [-0.25, -0.2) is 11.8 Å². The predicted molar refractivity (Wildman–Crippen MR) is 246 cm³/mol. The quantitative estimate of drug-likeness (QED) is 0.167. The number of likely N-dealkylation sites (tertiary alicyclic amines) is 2. The lowest BCUT2D eigenvalue weighted by Crippen LogP contribution is -2.47. The number of ether oxygens (including phenoxy) is 4. The zero-order chi connectivity index (χ0) is 42.7. The standard InChI is InChI=1S/C25H33NO2.C24H31NO2.2CH5NO/c1-17-10-24-14-22(15-25(17)28-24)26-9-3-4-19(16-26)11-18-5-6-21-13-23(27-2)8-7-20(21)12-18;1-26-22-7-6-19-12-17(4-5-20(19)13-22)11-18-3-2-10-25(16-18)21-14-23-8-9-24(15-21)27-23;2*1-3-2/h5-8,12-13,17,19,22,24-25H,3-4,9-11,14-16H2,1-2H3;4-7,12-13,18,21,23-24H,2-3,8-11,14-16H2,1H3;2*2H2,1H3. The molecule has 6 saturated heterocycles. The minimum absolute atomic E-state index is 0.515. The van der Waals surface area contributed by atoms with Crippen molar-refractivity contribution in [2.24, 2.45) is 29.5 Å². The summed E-state index contributed by atoms with van der Waals surface area (Å²) < 4.78 is 22.9. The van der Waals surface area contributed by atoms with Crippen LogP contribution in [0.15, 0.2) is 72.8 Å². The van der Waals surface area contributed by atoms with Crippen molar-refractivity contribution in [1.29, 1.82) is 0 Å². The van der Waals surface area contributed by atoms with Crippen molar-refractivity contribution in [3.05, 3.63) is 83.9 Å². The zero-order valence-corrected chi connectivity index (χ0v) is 37.6. The van der Waals surface area contributed by atoms with Crippen LogP contribution in [0.1, 0.15) is 88.7 Å². The second-order valence-electron chi connectivity index (χ2n) is 18.7. The molecule has 4 bridgehead atoms. The van der Waals surface area contributed by atoms with E-state index >= 15 is 0 Å². The van der Waals surface area contributed by atoms with Gasteiger partial charge in [-0.1, -0.05) is 55.5 Å². The molecule has 0 radical (unpaired) electrons. The lowest BCUT2D eigenvalue weighted by atomic mass is 9.88. The van der Waals surface area contributed by atoms with Crippen LogP contribution in [0.3, 0.4) is 0 Å². The van der Waals surface area contributed by atoms with E-state index in [0.717, 1.165) is 41.3 Å². The fourth-order valence-electron chi connectivity index (χ4n) is 11.4. The Hall–Kier alpha value is -3.32. The highest BCUT2D eigenvalue weighted by Gasteiger charge is 2.42. The Kier molecular flexibility index (Phi) is 16.7. The topological polar surface area (TPSA) is 114 Å². The number of nitrogens with two attached hydrogens (primary N) is 2. The molecule has 4 aromatic rings. The normalized spacial score (nSPS) is 29.7. The summed E-state index contributed by atoms with van der Waals surface area (Å²) >= 11 is 0. The third kappa shape index (κ3) is 12.2. The molecule has 6 aliphatic heterocycles. The first kappa shape index (κ1) is 45.7. The van der Waals surface area contributed by atoms with Crippen LogP contribution in [0, 0.1) is 17.8 Å². The molecule has 10 nitrogen and oxygen atoms in total. The van der Waals surface area contributed by atoms with Gasteiger partial charge in [0, 0.05) is 25.2 Å². The van der Waals surface area contributed by atoms with Gasteiger partial charge in [-0.3, -0.25) is 9.80 Å². The van der Waals surface area contributed by atoms with E-state index in [2.05, 4.69) is 111 Å². The van der Waals surface area contributed by atoms with Gasteiger partial charge < -0.3 is 28.6 Å². The van der Waals surface area contributed by atoms with Crippen molar-refractivity contribution in [3.63, 3.8) is 0 Å². The van der Waals surface area contributed by atoms with Gasteiger partial charge in [0.2, 0.25) is 0 Å². The Labute approximate surface area is 365 Å². The molecule has 8 atom stereocenters. The highest BCUT2D eigenvalue weighted by atomic mass is 16.6. The Balaban J connectivity index is 0.000000163. The summed E-state index contributed by atoms with van der Waals surface area (Å²) in [6.45, 7) is 7.48. The molecule has 61 heavy (non-hydrogen) atoms. The molecule has 10 rings (SSSR count). The summed E-state index contributed by atoms with van der Waals surface area (Å²) in [4.78, 5) is 13.1. The summed E-state index contributed by atoms with van der Waals surface area (Å²) in [5.74, 6) is 12.9. The smallest absolute Gasteiger partial charge is 0.119 e. The number of benzene rings is 4. The highest BCUT2D eigenvalue weighted by molar-refractivity contribution is 5.85. The summed E-state index contributed by atoms with van der Waals surface area (Å²) in [6, 6.07) is 28.2. The molecule has 6 aliphatic rings. The molecule has 0 aromatic heterocycles. The SMILES string of the molecule is CON.CON.COc1ccc2cc(CC3CCCN(C4CC5CC(C)C(C4)O5)C3)ccc2c1.COc1ccc2cc(CC3CCCN(C4CC5CCC(C4)O5)C3)ccc2c1. The number of fused-ring (bicyclic) bond motifs is 6. The van der Waals surface area contributed by atoms with Crippen molar-refractivity contribution < 1.29 is 28.6 Å². The number of hydrogen-bond donors (Lipinski definition) is 2. The van der Waals surface area contributed by atoms with Crippen LogP contribution in [0.4, 0.5) is 0 Å². The first-order valence-corrected chi connectivity index (χ1v) is 23.2. The molecular formula is C51H74N4O6. The van der Waals surface area contributed by atoms with Crippen LogP contribution in [0.25, 0.3) is 21.5 Å². The van der Waals surface area contributed by atoms with Gasteiger partial charge in [-0.15, -0.1) is 0 Å². The minimum atomic E-state index is 0.515. The van der Waals surface area contributed by atoms with E-state index in [-0.39, 0.29) is 0 Å². The van der Waals surface area contributed by atoms with E-state index in [0.29, 0.717) is 24.4 Å². The molecular weight excluding hydrogens is 765 g/mol. The van der Waals surface area contributed by atoms with Crippen LogP contribution in [0.5, 0.6) is 11.5 Å². The Bertz CT molecular complexity index is 1950. The van der Waals surface area contributed by atoms with Crippen molar-refractivity contribution in [2.45, 2.75) is 127 Å². The second-order valence-corrected chi connectivity index (χ2v) is 18.7. The van der Waals surface area contributed by atoms with E-state index in [9.17, 15) is 0 Å². The zero-order valence-electron chi connectivity index (χ0n) is 37.6. The van der Waals surface area contributed by atoms with Crippen LogP contribution < -0.4 is 21.3 Å². The molecule has 4 aromatic carbocycles. The van der Waals surface area contributed by atoms with Gasteiger partial charge in [0.05, 0.1) is 52.9 Å². The molecule has 0 spiro atoms. The number of piperidine rings is 2. The first-order chi connectivity index (χ1) is 29.8. The number of methoxy groups -OCH3 is 2. The van der Waals surface area contributed by atoms with Gasteiger partial charge in [0.25, 0.3) is 0 Å². The minimum Gasteiger partial charge on any atom is -0.497 e. The van der Waals surface area contributed by atoms with Crippen LogP contribution in [-0.4, -0.2) is 101 Å². The van der Waals surface area contributed by atoms with E-state index in [1.165, 1.54) is 157 Å². The molecule has 0 saturated carbocycles. The van der Waals surface area contributed by atoms with Gasteiger partial charge in [0.1, 0.15) is 11.5 Å². The average molecular weight is 839 g/mol. The average Bonchev–Trinajstić information content (AvgIpc) is 3.76. The predicted octanol–water partition coefficient (Wildman–Crippen LogP) is 8.88. The number of rotatable bonds is 8. The molecule has 6 heterocycles. The highest BCUT2D eigenvalue weighted by Crippen LogP contribution is 2.40. The van der Waals surface area contributed by atoms with E-state index in [1.54, 1.807) is 14.2 Å². The second kappa shape index (κ2) is 22.3. The molecule has 4 N–H and O–H groups in total. The number of hydrogen-bond acceptors (Lipinski definition) is 10. The third-order valence-corrected chi connectivity index (χ3v) is 14.3. The summed E-state index contributed by atoms with van der Waals surface area (Å²) in [5, 5.41) is 5.17. The van der Waals surface area contributed by atoms with Gasteiger partial charge >= 0.3 is 0 Å². The molecule has 334 valence electrons. The Morgan fingerprint density at radius 3 is 1.46 bits per heavy atom. The first-order valence-electron chi connectivity index (χ1n) is 23.2. The molecule has 8 unspecified atom stereocenters.